The molecule has 4 bridgehead atoms. The number of hydrogen-bond donors (Lipinski definition) is 3. The van der Waals surface area contributed by atoms with Crippen molar-refractivity contribution >= 4 is 17.5 Å². The van der Waals surface area contributed by atoms with Gasteiger partial charge in [-0.1, -0.05) is 65.2 Å². The van der Waals surface area contributed by atoms with Crippen molar-refractivity contribution in [3.05, 3.63) is 48.1 Å². The van der Waals surface area contributed by atoms with Gasteiger partial charge in [0.25, 0.3) is 0 Å². The fourth-order valence-corrected chi connectivity index (χ4v) is 15.1. The zero-order valence-electron chi connectivity index (χ0n) is 33.7. The Bertz CT molecular complexity index is 1730. The number of fused-ring (bicyclic) bond motifs is 3. The Morgan fingerprint density at radius 3 is 2.28 bits per heavy atom. The fraction of sp³-hybridized carbons (Fsp3) is 0.745. The van der Waals surface area contributed by atoms with E-state index in [1.165, 1.54) is 19.3 Å². The number of aliphatic hydroxyl groups is 2. The van der Waals surface area contributed by atoms with Gasteiger partial charge in [0, 0.05) is 40.0 Å². The number of nitrogens with zero attached hydrogens (tertiary/aromatic N) is 1. The highest BCUT2D eigenvalue weighted by Crippen LogP contribution is 2.78. The molecule has 7 heteroatoms. The molecule has 1 unspecified atom stereocenters. The zero-order valence-corrected chi connectivity index (χ0v) is 33.7. The first-order chi connectivity index (χ1) is 25.7. The van der Waals surface area contributed by atoms with Crippen LogP contribution in [0.5, 0.6) is 5.75 Å². The summed E-state index contributed by atoms with van der Waals surface area (Å²) in [6.45, 7) is 10.5. The highest BCUT2D eigenvalue weighted by atomic mass is 16.5. The van der Waals surface area contributed by atoms with Crippen molar-refractivity contribution < 1.29 is 24.5 Å². The van der Waals surface area contributed by atoms with Gasteiger partial charge >= 0.3 is 6.03 Å². The number of ether oxygens (including phenoxy) is 1. The molecule has 2 spiro atoms. The van der Waals surface area contributed by atoms with Crippen LogP contribution in [-0.4, -0.2) is 58.8 Å². The quantitative estimate of drug-likeness (QED) is 0.231. The van der Waals surface area contributed by atoms with Gasteiger partial charge in [0.1, 0.15) is 5.75 Å². The van der Waals surface area contributed by atoms with Crippen LogP contribution in [-0.2, 0) is 4.79 Å². The number of allylic oxidation sites excluding steroid dienone is 4. The number of amides is 2. The number of carbonyl (C=O) groups excluding carboxylic acids is 2. The lowest BCUT2D eigenvalue weighted by Crippen LogP contribution is -2.68. The third-order valence-corrected chi connectivity index (χ3v) is 18.5. The minimum absolute atomic E-state index is 0.0436. The minimum Gasteiger partial charge on any atom is -0.497 e. The van der Waals surface area contributed by atoms with E-state index in [1.54, 1.807) is 7.11 Å². The molecule has 0 saturated heterocycles. The molecule has 1 aromatic rings. The first-order valence-corrected chi connectivity index (χ1v) is 21.8. The Labute approximate surface area is 323 Å². The molecule has 0 heterocycles. The molecule has 54 heavy (non-hydrogen) atoms. The van der Waals surface area contributed by atoms with E-state index in [-0.39, 0.29) is 34.8 Å². The fourth-order valence-electron chi connectivity index (χ4n) is 15.1. The zero-order chi connectivity index (χ0) is 37.9. The Kier molecular flexibility index (Phi) is 8.68. The number of ketones is 1. The van der Waals surface area contributed by atoms with E-state index < -0.39 is 16.4 Å². The van der Waals surface area contributed by atoms with Crippen LogP contribution in [0, 0.1) is 62.6 Å². The Morgan fingerprint density at radius 1 is 0.870 bits per heavy atom. The summed E-state index contributed by atoms with van der Waals surface area (Å²) in [5.74, 6) is 3.33. The van der Waals surface area contributed by atoms with Gasteiger partial charge in [-0.05, 0) is 142 Å². The van der Waals surface area contributed by atoms with Crippen LogP contribution in [0.3, 0.4) is 0 Å². The largest absolute Gasteiger partial charge is 0.497 e. The summed E-state index contributed by atoms with van der Waals surface area (Å²) in [7, 11) is 1.65. The van der Waals surface area contributed by atoms with Crippen molar-refractivity contribution in [3.8, 4) is 5.75 Å². The van der Waals surface area contributed by atoms with Crippen LogP contribution in [0.1, 0.15) is 124 Å². The van der Waals surface area contributed by atoms with Gasteiger partial charge in [0.05, 0.1) is 25.4 Å². The van der Waals surface area contributed by atoms with Gasteiger partial charge in [-0.25, -0.2) is 4.79 Å². The standard InChI is InChI=1S/C47H66N2O5/c1-42(2)32-12-11-31(36(42)25-32)28-49(41(52)48-33-13-15-35(54-5)16-14-33)29-46(53)22-19-39-44(46,4)21-18-38-43(3)20-17-34(50)26-45(43)23-24-47(38,39)37(27-45)40(51)30-9-7-6-8-10-30/h13-16,23-24,27,30-32,34,36,38-39,50,53H,6-12,17-22,25-26,28-29H2,1-5H3,(H,48,52)/t31-,32-,34?,36-,38+,39+,43+,44-,45-,46+,47+/m0/s1. The van der Waals surface area contributed by atoms with Gasteiger partial charge in [-0.3, -0.25) is 4.79 Å². The van der Waals surface area contributed by atoms with E-state index in [4.69, 9.17) is 4.74 Å². The van der Waals surface area contributed by atoms with Crippen molar-refractivity contribution in [2.45, 2.75) is 136 Å². The molecule has 3 N–H and O–H groups in total. The van der Waals surface area contributed by atoms with E-state index in [1.807, 2.05) is 29.2 Å². The number of anilines is 1. The van der Waals surface area contributed by atoms with Gasteiger partial charge in [0.15, 0.2) is 5.78 Å². The average molecular weight is 739 g/mol. The molecule has 294 valence electrons. The Balaban J connectivity index is 1.07. The number of methoxy groups -OCH3 is 1. The summed E-state index contributed by atoms with van der Waals surface area (Å²) < 4.78 is 5.38. The monoisotopic (exact) mass is 738 g/mol. The third kappa shape index (κ3) is 5.11. The summed E-state index contributed by atoms with van der Waals surface area (Å²) in [5.41, 5.74) is -0.316. The molecule has 1 aromatic carbocycles. The van der Waals surface area contributed by atoms with Crippen molar-refractivity contribution in [2.24, 2.45) is 62.6 Å². The van der Waals surface area contributed by atoms with Crippen LogP contribution in [0.4, 0.5) is 10.5 Å². The van der Waals surface area contributed by atoms with Gasteiger partial charge in [-0.2, -0.15) is 0 Å². The maximum Gasteiger partial charge on any atom is 0.321 e. The summed E-state index contributed by atoms with van der Waals surface area (Å²) in [5, 5.41) is 27.6. The van der Waals surface area contributed by atoms with Crippen LogP contribution >= 0.6 is 0 Å². The van der Waals surface area contributed by atoms with Gasteiger partial charge < -0.3 is 25.2 Å². The Hall–Kier alpha value is -2.64. The number of hydrogen-bond acceptors (Lipinski definition) is 5. The SMILES string of the molecule is COc1ccc(NC(=O)N(C[C@@H]2CC[C@H]3C[C@@H]2C3(C)C)C[C@]2(O)CC[C@H]3[C@]45C=C[C@@]6(C=C4C(=O)C4CCCCC4)CC(O)CC[C@]6(C)[C@H]5CC[C@@]32C)cc1. The molecule has 10 aliphatic carbocycles. The van der Waals surface area contributed by atoms with Crippen molar-refractivity contribution in [2.75, 3.05) is 25.5 Å². The van der Waals surface area contributed by atoms with E-state index in [0.717, 1.165) is 87.1 Å². The van der Waals surface area contributed by atoms with Crippen molar-refractivity contribution in [1.82, 2.24) is 4.90 Å². The van der Waals surface area contributed by atoms with Crippen molar-refractivity contribution in [1.29, 1.82) is 0 Å². The first-order valence-electron chi connectivity index (χ1n) is 21.8. The van der Waals surface area contributed by atoms with E-state index >= 15 is 0 Å². The lowest BCUT2D eigenvalue weighted by atomic mass is 9.32. The number of urea groups is 1. The second-order valence-corrected chi connectivity index (χ2v) is 20.7. The predicted molar refractivity (Wildman–Crippen MR) is 212 cm³/mol. The lowest BCUT2D eigenvalue weighted by molar-refractivity contribution is -0.179. The number of rotatable bonds is 8. The first kappa shape index (κ1) is 37.0. The Morgan fingerprint density at radius 2 is 1.57 bits per heavy atom. The summed E-state index contributed by atoms with van der Waals surface area (Å²) in [6, 6.07) is 7.37. The second-order valence-electron chi connectivity index (χ2n) is 20.7. The topological polar surface area (TPSA) is 99.1 Å². The van der Waals surface area contributed by atoms with Crippen LogP contribution in [0.25, 0.3) is 0 Å². The maximum absolute atomic E-state index is 15.0. The van der Waals surface area contributed by atoms with E-state index in [0.29, 0.717) is 54.9 Å². The predicted octanol–water partition coefficient (Wildman–Crippen LogP) is 9.34. The highest BCUT2D eigenvalue weighted by molar-refractivity contribution is 6.00. The molecular formula is C47H66N2O5. The lowest BCUT2D eigenvalue weighted by Gasteiger charge is -2.71. The van der Waals surface area contributed by atoms with Crippen LogP contribution < -0.4 is 10.1 Å². The van der Waals surface area contributed by atoms with Crippen LogP contribution in [0.15, 0.2) is 48.1 Å². The van der Waals surface area contributed by atoms with Gasteiger partial charge in [0.2, 0.25) is 0 Å². The van der Waals surface area contributed by atoms with Gasteiger partial charge in [-0.15, -0.1) is 0 Å². The molecular weight excluding hydrogens is 673 g/mol. The molecule has 7 fully saturated rings. The molecule has 0 aromatic heterocycles. The molecule has 2 amide bonds. The average Bonchev–Trinajstić information content (AvgIpc) is 3.44. The number of Topliss-reactive ketones (excluding diaryl/α,β-unsaturated/α-hetero) is 1. The summed E-state index contributed by atoms with van der Waals surface area (Å²) in [6.07, 6.45) is 21.6. The minimum atomic E-state index is -1.09. The highest BCUT2D eigenvalue weighted by Gasteiger charge is 2.74. The summed E-state index contributed by atoms with van der Waals surface area (Å²) >= 11 is 0. The molecule has 11 rings (SSSR count). The van der Waals surface area contributed by atoms with Crippen molar-refractivity contribution in [3.63, 3.8) is 0 Å². The van der Waals surface area contributed by atoms with E-state index in [2.05, 4.69) is 51.2 Å². The molecule has 0 aliphatic heterocycles. The van der Waals surface area contributed by atoms with E-state index in [9.17, 15) is 19.8 Å². The molecule has 0 radical (unpaired) electrons. The smallest absolute Gasteiger partial charge is 0.321 e. The third-order valence-electron chi connectivity index (χ3n) is 18.5. The second kappa shape index (κ2) is 12.7. The number of nitrogens with one attached hydrogen (secondary N) is 1. The molecule has 11 atom stereocenters. The number of benzene rings is 1. The summed E-state index contributed by atoms with van der Waals surface area (Å²) in [4.78, 5) is 31.5. The normalized spacial score (nSPS) is 44.2. The van der Waals surface area contributed by atoms with Crippen LogP contribution in [0.2, 0.25) is 0 Å². The molecule has 10 aliphatic rings. The molecule has 7 saturated carbocycles. The maximum atomic E-state index is 15.0. The number of carbonyl (C=O) groups is 2. The molecule has 7 nitrogen and oxygen atoms in total. The number of aliphatic hydroxyl groups excluding tert-OH is 1.